The summed E-state index contributed by atoms with van der Waals surface area (Å²) in [5, 5.41) is 1.98. The summed E-state index contributed by atoms with van der Waals surface area (Å²) in [6.07, 6.45) is 1.77. The van der Waals surface area contributed by atoms with Crippen LogP contribution < -0.4 is 5.46 Å². The molecule has 3 rings (SSSR count). The molecule has 1 aliphatic rings. The van der Waals surface area contributed by atoms with Gasteiger partial charge in [-0.25, -0.2) is 4.98 Å². The minimum Gasteiger partial charge on any atom is -0.399 e. The van der Waals surface area contributed by atoms with Crippen molar-refractivity contribution in [2.75, 3.05) is 0 Å². The van der Waals surface area contributed by atoms with E-state index in [0.717, 1.165) is 16.9 Å². The van der Waals surface area contributed by atoms with Crippen molar-refractivity contribution in [3.63, 3.8) is 0 Å². The molecule has 104 valence electrons. The summed E-state index contributed by atoms with van der Waals surface area (Å²) in [6, 6.07) is 3.89. The van der Waals surface area contributed by atoms with E-state index in [9.17, 15) is 0 Å². The number of pyridine rings is 1. The minimum atomic E-state index is -0.412. The van der Waals surface area contributed by atoms with E-state index in [1.807, 2.05) is 45.2 Å². The quantitative estimate of drug-likeness (QED) is 0.796. The van der Waals surface area contributed by atoms with Crippen molar-refractivity contribution in [2.45, 2.75) is 38.9 Å². The molecule has 0 radical (unpaired) electrons. The Labute approximate surface area is 123 Å². The van der Waals surface area contributed by atoms with Gasteiger partial charge in [-0.05, 0) is 33.8 Å². The van der Waals surface area contributed by atoms with E-state index in [1.165, 1.54) is 0 Å². The number of hydrogen-bond acceptors (Lipinski definition) is 5. The zero-order valence-electron chi connectivity index (χ0n) is 12.1. The molecule has 6 heteroatoms. The van der Waals surface area contributed by atoms with Crippen LogP contribution in [0.4, 0.5) is 0 Å². The molecule has 0 spiro atoms. The summed E-state index contributed by atoms with van der Waals surface area (Å²) >= 11 is 1.55. The van der Waals surface area contributed by atoms with E-state index in [0.29, 0.717) is 0 Å². The Morgan fingerprint density at radius 2 is 1.80 bits per heavy atom. The summed E-state index contributed by atoms with van der Waals surface area (Å²) in [6.45, 7) is 8.19. The van der Waals surface area contributed by atoms with Crippen molar-refractivity contribution < 1.29 is 9.31 Å². The molecule has 0 aliphatic carbocycles. The predicted molar refractivity (Wildman–Crippen MR) is 81.1 cm³/mol. The van der Waals surface area contributed by atoms with Gasteiger partial charge in [0.15, 0.2) is 0 Å². The Morgan fingerprint density at radius 1 is 1.10 bits per heavy atom. The van der Waals surface area contributed by atoms with Crippen LogP contribution in [0.1, 0.15) is 27.7 Å². The fourth-order valence-corrected chi connectivity index (χ4v) is 2.66. The first-order valence-corrected chi connectivity index (χ1v) is 7.54. The van der Waals surface area contributed by atoms with Crippen molar-refractivity contribution in [1.29, 1.82) is 0 Å². The number of nitrogens with zero attached hydrogens (tertiary/aromatic N) is 2. The number of rotatable bonds is 2. The topological polar surface area (TPSA) is 44.2 Å². The Kier molecular flexibility index (Phi) is 3.19. The molecule has 0 amide bonds. The second-order valence-corrected chi connectivity index (χ2v) is 6.62. The van der Waals surface area contributed by atoms with Crippen LogP contribution in [0.15, 0.2) is 29.2 Å². The van der Waals surface area contributed by atoms with Crippen molar-refractivity contribution in [3.8, 4) is 11.4 Å². The maximum atomic E-state index is 6.10. The molecule has 4 nitrogen and oxygen atoms in total. The molecule has 0 N–H and O–H groups in total. The van der Waals surface area contributed by atoms with Gasteiger partial charge in [0.25, 0.3) is 0 Å². The van der Waals surface area contributed by atoms with E-state index >= 15 is 0 Å². The molecule has 0 atom stereocenters. The Balaban J connectivity index is 2.01. The van der Waals surface area contributed by atoms with Gasteiger partial charge in [-0.3, -0.25) is 4.98 Å². The Bertz CT molecular complexity index is 597. The third kappa shape index (κ3) is 2.18. The Hall–Kier alpha value is -1.24. The number of hydrogen-bond donors (Lipinski definition) is 0. The first-order valence-electron chi connectivity index (χ1n) is 6.60. The lowest BCUT2D eigenvalue weighted by Crippen LogP contribution is -2.41. The Morgan fingerprint density at radius 3 is 2.40 bits per heavy atom. The molecule has 20 heavy (non-hydrogen) atoms. The van der Waals surface area contributed by atoms with Crippen LogP contribution in [0.25, 0.3) is 11.4 Å². The first-order chi connectivity index (χ1) is 9.41. The van der Waals surface area contributed by atoms with Crippen LogP contribution >= 0.6 is 11.3 Å². The smallest absolute Gasteiger partial charge is 0.399 e. The highest BCUT2D eigenvalue weighted by Gasteiger charge is 2.52. The van der Waals surface area contributed by atoms with Gasteiger partial charge in [-0.15, -0.1) is 11.3 Å². The zero-order chi connectivity index (χ0) is 14.4. The third-order valence-corrected chi connectivity index (χ3v) is 4.61. The lowest BCUT2D eigenvalue weighted by Gasteiger charge is -2.32. The van der Waals surface area contributed by atoms with E-state index in [1.54, 1.807) is 23.0 Å². The van der Waals surface area contributed by atoms with Crippen molar-refractivity contribution in [2.24, 2.45) is 0 Å². The van der Waals surface area contributed by atoms with Gasteiger partial charge < -0.3 is 9.31 Å². The summed E-state index contributed by atoms with van der Waals surface area (Å²) in [5.74, 6) is 0. The van der Waals surface area contributed by atoms with Gasteiger partial charge >= 0.3 is 7.12 Å². The SMILES string of the molecule is CC1(C)OB(c2cccnc2-c2cscn2)OC1(C)C. The highest BCUT2D eigenvalue weighted by Crippen LogP contribution is 2.37. The van der Waals surface area contributed by atoms with E-state index < -0.39 is 7.12 Å². The van der Waals surface area contributed by atoms with Crippen molar-refractivity contribution in [3.05, 3.63) is 29.2 Å². The lowest BCUT2D eigenvalue weighted by molar-refractivity contribution is 0.00578. The molecule has 2 aromatic rings. The molecule has 0 bridgehead atoms. The monoisotopic (exact) mass is 288 g/mol. The van der Waals surface area contributed by atoms with E-state index in [2.05, 4.69) is 9.97 Å². The maximum absolute atomic E-state index is 6.10. The minimum absolute atomic E-state index is 0.354. The van der Waals surface area contributed by atoms with Gasteiger partial charge in [0.2, 0.25) is 0 Å². The summed E-state index contributed by atoms with van der Waals surface area (Å²) in [5.41, 5.74) is 3.71. The second-order valence-electron chi connectivity index (χ2n) is 5.90. The van der Waals surface area contributed by atoms with Crippen LogP contribution in [0.2, 0.25) is 0 Å². The molecule has 0 unspecified atom stereocenters. The number of thiazole rings is 1. The molecular weight excluding hydrogens is 271 g/mol. The normalized spacial score (nSPS) is 20.3. The molecule has 3 heterocycles. The molecule has 1 saturated heterocycles. The van der Waals surface area contributed by atoms with Gasteiger partial charge in [0.1, 0.15) is 0 Å². The summed E-state index contributed by atoms with van der Waals surface area (Å²) in [7, 11) is -0.412. The fraction of sp³-hybridized carbons (Fsp3) is 0.429. The largest absolute Gasteiger partial charge is 0.497 e. The van der Waals surface area contributed by atoms with Crippen molar-refractivity contribution >= 4 is 23.9 Å². The summed E-state index contributed by atoms with van der Waals surface area (Å²) < 4.78 is 12.2. The molecule has 2 aromatic heterocycles. The van der Waals surface area contributed by atoms with Gasteiger partial charge in [0, 0.05) is 17.0 Å². The molecule has 1 fully saturated rings. The molecule has 0 aromatic carbocycles. The van der Waals surface area contributed by atoms with Crippen LogP contribution in [0, 0.1) is 0 Å². The lowest BCUT2D eigenvalue weighted by atomic mass is 9.77. The van der Waals surface area contributed by atoms with E-state index in [4.69, 9.17) is 9.31 Å². The highest BCUT2D eigenvalue weighted by molar-refractivity contribution is 7.07. The number of aromatic nitrogens is 2. The third-order valence-electron chi connectivity index (χ3n) is 4.02. The van der Waals surface area contributed by atoms with Crippen LogP contribution in [0.3, 0.4) is 0 Å². The molecule has 0 saturated carbocycles. The molecule has 1 aliphatic heterocycles. The predicted octanol–water partition coefficient (Wildman–Crippen LogP) is 2.50. The van der Waals surface area contributed by atoms with Gasteiger partial charge in [0.05, 0.1) is 28.1 Å². The maximum Gasteiger partial charge on any atom is 0.497 e. The zero-order valence-corrected chi connectivity index (χ0v) is 12.9. The standard InChI is InChI=1S/C14H17BN2O2S/c1-13(2)14(3,4)19-15(18-13)10-6-5-7-16-12(10)11-8-20-9-17-11/h5-9H,1-4H3. The van der Waals surface area contributed by atoms with E-state index in [-0.39, 0.29) is 11.2 Å². The van der Waals surface area contributed by atoms with Crippen molar-refractivity contribution in [1.82, 2.24) is 9.97 Å². The fourth-order valence-electron chi connectivity index (χ4n) is 2.12. The molecular formula is C14H17BN2O2S. The highest BCUT2D eigenvalue weighted by atomic mass is 32.1. The van der Waals surface area contributed by atoms with Gasteiger partial charge in [-0.2, -0.15) is 0 Å². The summed E-state index contributed by atoms with van der Waals surface area (Å²) in [4.78, 5) is 8.78. The van der Waals surface area contributed by atoms with Crippen LogP contribution in [0.5, 0.6) is 0 Å². The second kappa shape index (κ2) is 4.65. The average Bonchev–Trinajstić information content (AvgIpc) is 2.97. The van der Waals surface area contributed by atoms with Gasteiger partial charge in [-0.1, -0.05) is 6.07 Å². The van der Waals surface area contributed by atoms with Crippen LogP contribution in [-0.2, 0) is 9.31 Å². The average molecular weight is 288 g/mol. The first kappa shape index (κ1) is 13.7. The van der Waals surface area contributed by atoms with Crippen LogP contribution in [-0.4, -0.2) is 28.3 Å².